The van der Waals surface area contributed by atoms with E-state index in [0.29, 0.717) is 26.6 Å². The minimum atomic E-state index is -4.65. The maximum atomic E-state index is 13.0. The predicted molar refractivity (Wildman–Crippen MR) is 103 cm³/mol. The number of halogens is 4. The molecule has 0 bridgehead atoms. The second-order valence-electron chi connectivity index (χ2n) is 6.23. The lowest BCUT2D eigenvalue weighted by molar-refractivity contribution is -0.137. The van der Waals surface area contributed by atoms with Crippen molar-refractivity contribution in [3.05, 3.63) is 58.6 Å². The molecular weight excluding hydrogens is 417 g/mol. The van der Waals surface area contributed by atoms with Gasteiger partial charge in [0.25, 0.3) is 0 Å². The van der Waals surface area contributed by atoms with E-state index in [2.05, 4.69) is 5.32 Å². The number of nitrogens with zero attached hydrogens (tertiary/aromatic N) is 1. The van der Waals surface area contributed by atoms with Gasteiger partial charge in [-0.1, -0.05) is 23.7 Å². The number of benzene rings is 2. The topological polar surface area (TPSA) is 66.5 Å². The molecule has 2 aromatic carbocycles. The molecule has 0 aliphatic rings. The standard InChI is InChI=1S/C18H18ClF3N2O3S/c1-11-7-8-14(19)10-16(11)23-17(25)12(2)24(28(3,26)27)15-6-4-5-13(9-15)18(20,21)22/h4-10,12H,1-3H3,(H,23,25)/t12-/m1/s1. The lowest BCUT2D eigenvalue weighted by Crippen LogP contribution is -2.45. The zero-order valence-corrected chi connectivity index (χ0v) is 16.8. The molecule has 0 saturated heterocycles. The average Bonchev–Trinajstić information content (AvgIpc) is 2.56. The Bertz CT molecular complexity index is 994. The fourth-order valence-corrected chi connectivity index (χ4v) is 3.93. The van der Waals surface area contributed by atoms with Crippen LogP contribution in [0.5, 0.6) is 0 Å². The summed E-state index contributed by atoms with van der Waals surface area (Å²) in [4.78, 5) is 12.6. The average molecular weight is 435 g/mol. The molecule has 0 radical (unpaired) electrons. The number of hydrogen-bond acceptors (Lipinski definition) is 3. The number of aryl methyl sites for hydroxylation is 1. The third-order valence-corrected chi connectivity index (χ3v) is 5.45. The Morgan fingerprint density at radius 3 is 2.39 bits per heavy atom. The van der Waals surface area contributed by atoms with E-state index in [1.165, 1.54) is 19.1 Å². The summed E-state index contributed by atoms with van der Waals surface area (Å²) < 4.78 is 64.2. The van der Waals surface area contributed by atoms with E-state index in [1.807, 2.05) is 0 Å². The quantitative estimate of drug-likeness (QED) is 0.755. The predicted octanol–water partition coefficient (Wildman–Crippen LogP) is 4.46. The Morgan fingerprint density at radius 1 is 1.18 bits per heavy atom. The Morgan fingerprint density at radius 2 is 1.82 bits per heavy atom. The molecule has 0 aliphatic heterocycles. The molecule has 28 heavy (non-hydrogen) atoms. The van der Waals surface area contributed by atoms with Gasteiger partial charge < -0.3 is 5.32 Å². The summed E-state index contributed by atoms with van der Waals surface area (Å²) in [6, 6.07) is 7.28. The minimum Gasteiger partial charge on any atom is -0.324 e. The first-order valence-corrected chi connectivity index (χ1v) is 10.3. The molecule has 2 aromatic rings. The van der Waals surface area contributed by atoms with Crippen LogP contribution in [0, 0.1) is 6.92 Å². The first-order valence-electron chi connectivity index (χ1n) is 8.04. The van der Waals surface area contributed by atoms with Crippen LogP contribution in [0.1, 0.15) is 18.1 Å². The number of carbonyl (C=O) groups is 1. The van der Waals surface area contributed by atoms with Crippen LogP contribution in [0.15, 0.2) is 42.5 Å². The molecule has 0 aromatic heterocycles. The van der Waals surface area contributed by atoms with Gasteiger partial charge in [-0.05, 0) is 49.7 Å². The second-order valence-corrected chi connectivity index (χ2v) is 8.53. The van der Waals surface area contributed by atoms with Crippen molar-refractivity contribution < 1.29 is 26.4 Å². The van der Waals surface area contributed by atoms with Gasteiger partial charge in [-0.15, -0.1) is 0 Å². The fourth-order valence-electron chi connectivity index (χ4n) is 2.59. The number of nitrogens with one attached hydrogen (secondary N) is 1. The Hall–Kier alpha value is -2.26. The number of sulfonamides is 1. The summed E-state index contributed by atoms with van der Waals surface area (Å²) in [5.41, 5.74) is -0.212. The third kappa shape index (κ3) is 5.17. The van der Waals surface area contributed by atoms with E-state index < -0.39 is 33.7 Å². The van der Waals surface area contributed by atoms with Gasteiger partial charge in [-0.2, -0.15) is 13.2 Å². The van der Waals surface area contributed by atoms with E-state index >= 15 is 0 Å². The molecule has 0 saturated carbocycles. The van der Waals surface area contributed by atoms with Crippen molar-refractivity contribution in [3.8, 4) is 0 Å². The van der Waals surface area contributed by atoms with Crippen molar-refractivity contribution in [2.24, 2.45) is 0 Å². The summed E-state index contributed by atoms with van der Waals surface area (Å²) in [6.45, 7) is 3.01. The van der Waals surface area contributed by atoms with Gasteiger partial charge in [0.2, 0.25) is 15.9 Å². The maximum absolute atomic E-state index is 13.0. The molecular formula is C18H18ClF3N2O3S. The van der Waals surface area contributed by atoms with Crippen LogP contribution in [0.25, 0.3) is 0 Å². The molecule has 10 heteroatoms. The first kappa shape index (κ1) is 22.0. The van der Waals surface area contributed by atoms with Crippen LogP contribution < -0.4 is 9.62 Å². The molecule has 5 nitrogen and oxygen atoms in total. The molecule has 1 amide bonds. The van der Waals surface area contributed by atoms with Gasteiger partial charge in [-0.25, -0.2) is 8.42 Å². The number of carbonyl (C=O) groups excluding carboxylic acids is 1. The molecule has 0 heterocycles. The van der Waals surface area contributed by atoms with Crippen molar-refractivity contribution in [2.75, 3.05) is 15.9 Å². The van der Waals surface area contributed by atoms with Crippen molar-refractivity contribution >= 4 is 38.9 Å². The Balaban J connectivity index is 2.41. The van der Waals surface area contributed by atoms with Gasteiger partial charge in [0.05, 0.1) is 17.5 Å². The summed E-state index contributed by atoms with van der Waals surface area (Å²) in [6.07, 6.45) is -3.83. The maximum Gasteiger partial charge on any atom is 0.416 e. The number of anilines is 2. The van der Waals surface area contributed by atoms with Gasteiger partial charge in [-0.3, -0.25) is 9.10 Å². The first-order chi connectivity index (χ1) is 12.8. The summed E-state index contributed by atoms with van der Waals surface area (Å²) >= 11 is 5.91. The SMILES string of the molecule is Cc1ccc(Cl)cc1NC(=O)[C@@H](C)N(c1cccc(C(F)(F)F)c1)S(C)(=O)=O. The van der Waals surface area contributed by atoms with E-state index in [-0.39, 0.29) is 5.69 Å². The molecule has 1 N–H and O–H groups in total. The molecule has 0 spiro atoms. The van der Waals surface area contributed by atoms with Crippen molar-refractivity contribution in [3.63, 3.8) is 0 Å². The van der Waals surface area contributed by atoms with Crippen LogP contribution in [0.3, 0.4) is 0 Å². The Kier molecular flexibility index (Phi) is 6.30. The summed E-state index contributed by atoms with van der Waals surface area (Å²) in [5.74, 6) is -0.715. The zero-order valence-electron chi connectivity index (χ0n) is 15.2. The van der Waals surface area contributed by atoms with E-state index in [4.69, 9.17) is 11.6 Å². The lowest BCUT2D eigenvalue weighted by atomic mass is 10.1. The number of alkyl halides is 3. The van der Waals surface area contributed by atoms with Crippen LogP contribution >= 0.6 is 11.6 Å². The highest BCUT2D eigenvalue weighted by molar-refractivity contribution is 7.92. The molecule has 152 valence electrons. The molecule has 1 atom stereocenters. The van der Waals surface area contributed by atoms with E-state index in [0.717, 1.165) is 18.4 Å². The van der Waals surface area contributed by atoms with Crippen molar-refractivity contribution in [1.82, 2.24) is 0 Å². The normalized spacial score (nSPS) is 13.1. The zero-order chi connectivity index (χ0) is 21.3. The monoisotopic (exact) mass is 434 g/mol. The smallest absolute Gasteiger partial charge is 0.324 e. The van der Waals surface area contributed by atoms with Crippen molar-refractivity contribution in [2.45, 2.75) is 26.1 Å². The highest BCUT2D eigenvalue weighted by Crippen LogP contribution is 2.33. The highest BCUT2D eigenvalue weighted by Gasteiger charge is 2.34. The second kappa shape index (κ2) is 8.00. The summed E-state index contributed by atoms with van der Waals surface area (Å²) in [5, 5.41) is 2.93. The van der Waals surface area contributed by atoms with Gasteiger partial charge in [0, 0.05) is 10.7 Å². The van der Waals surface area contributed by atoms with Crippen LogP contribution in [-0.2, 0) is 21.0 Å². The number of rotatable bonds is 5. The van der Waals surface area contributed by atoms with Gasteiger partial charge >= 0.3 is 6.18 Å². The molecule has 2 rings (SSSR count). The number of hydrogen-bond donors (Lipinski definition) is 1. The Labute approximate surface area is 166 Å². The molecule has 0 fully saturated rings. The minimum absolute atomic E-state index is 0.261. The molecule has 0 aliphatic carbocycles. The molecule has 0 unspecified atom stereocenters. The largest absolute Gasteiger partial charge is 0.416 e. The van der Waals surface area contributed by atoms with E-state index in [1.54, 1.807) is 19.1 Å². The van der Waals surface area contributed by atoms with E-state index in [9.17, 15) is 26.4 Å². The third-order valence-electron chi connectivity index (χ3n) is 3.97. The van der Waals surface area contributed by atoms with Crippen LogP contribution in [0.2, 0.25) is 5.02 Å². The summed E-state index contributed by atoms with van der Waals surface area (Å²) in [7, 11) is -4.06. The number of amides is 1. The van der Waals surface area contributed by atoms with Crippen molar-refractivity contribution in [1.29, 1.82) is 0 Å². The van der Waals surface area contributed by atoms with Gasteiger partial charge in [0.15, 0.2) is 0 Å². The lowest BCUT2D eigenvalue weighted by Gasteiger charge is -2.29. The van der Waals surface area contributed by atoms with Crippen LogP contribution in [-0.4, -0.2) is 26.6 Å². The van der Waals surface area contributed by atoms with Gasteiger partial charge in [0.1, 0.15) is 6.04 Å². The highest BCUT2D eigenvalue weighted by atomic mass is 35.5. The fraction of sp³-hybridized carbons (Fsp3) is 0.278. The van der Waals surface area contributed by atoms with Crippen LogP contribution in [0.4, 0.5) is 24.5 Å².